The van der Waals surface area contributed by atoms with Crippen LogP contribution in [-0.2, 0) is 11.8 Å². The van der Waals surface area contributed by atoms with Gasteiger partial charge in [-0.3, -0.25) is 4.68 Å². The van der Waals surface area contributed by atoms with Crippen LogP contribution >= 0.6 is 0 Å². The lowest BCUT2D eigenvalue weighted by molar-refractivity contribution is -0.0218. The van der Waals surface area contributed by atoms with Crippen LogP contribution in [0.3, 0.4) is 0 Å². The molecule has 3 heterocycles. The van der Waals surface area contributed by atoms with E-state index in [4.69, 9.17) is 14.6 Å². The lowest BCUT2D eigenvalue weighted by Gasteiger charge is -2.31. The second-order valence-electron chi connectivity index (χ2n) is 7.89. The molecule has 0 aliphatic carbocycles. The van der Waals surface area contributed by atoms with Gasteiger partial charge in [-0.1, -0.05) is 30.3 Å². The third-order valence-electron chi connectivity index (χ3n) is 5.73. The fourth-order valence-electron chi connectivity index (χ4n) is 4.18. The summed E-state index contributed by atoms with van der Waals surface area (Å²) in [5.74, 6) is 0.784. The first-order valence-corrected chi connectivity index (χ1v) is 10.4. The van der Waals surface area contributed by atoms with Gasteiger partial charge >= 0.3 is 0 Å². The average molecular weight is 415 g/mol. The molecule has 158 valence electrons. The van der Waals surface area contributed by atoms with E-state index in [0.29, 0.717) is 6.61 Å². The molecule has 1 aliphatic heterocycles. The van der Waals surface area contributed by atoms with Gasteiger partial charge in [-0.05, 0) is 13.1 Å². The Morgan fingerprint density at radius 3 is 2.68 bits per heavy atom. The first-order chi connectivity index (χ1) is 15.1. The molecule has 1 fully saturated rings. The van der Waals surface area contributed by atoms with Crippen LogP contribution in [0.25, 0.3) is 33.4 Å². The lowest BCUT2D eigenvalue weighted by Crippen LogP contribution is -2.35. The molecule has 1 atom stereocenters. The van der Waals surface area contributed by atoms with Crippen LogP contribution in [0.1, 0.15) is 11.7 Å². The monoisotopic (exact) mass is 415 g/mol. The third kappa shape index (κ3) is 3.66. The zero-order valence-corrected chi connectivity index (χ0v) is 17.9. The van der Waals surface area contributed by atoms with Gasteiger partial charge in [-0.2, -0.15) is 5.10 Å². The number of aryl methyl sites for hydroxylation is 1. The Kier molecular flexibility index (Phi) is 5.13. The molecule has 1 saturated heterocycles. The Hall–Kier alpha value is -3.29. The van der Waals surface area contributed by atoms with Crippen LogP contribution in [-0.4, -0.2) is 58.5 Å². The van der Waals surface area contributed by atoms with E-state index in [1.165, 1.54) is 0 Å². The van der Waals surface area contributed by atoms with Crippen molar-refractivity contribution in [1.29, 1.82) is 0 Å². The second-order valence-corrected chi connectivity index (χ2v) is 7.89. The van der Waals surface area contributed by atoms with Crippen LogP contribution in [0, 0.1) is 0 Å². The van der Waals surface area contributed by atoms with Gasteiger partial charge < -0.3 is 14.4 Å². The number of hydrogen-bond acceptors (Lipinski definition) is 6. The fourth-order valence-corrected chi connectivity index (χ4v) is 4.18. The normalized spacial score (nSPS) is 17.2. The molecule has 1 aliphatic rings. The highest BCUT2D eigenvalue weighted by molar-refractivity contribution is 5.96. The number of aromatic nitrogens is 4. The van der Waals surface area contributed by atoms with Crippen molar-refractivity contribution in [2.24, 2.45) is 7.05 Å². The largest absolute Gasteiger partial charge is 0.496 e. The van der Waals surface area contributed by atoms with Gasteiger partial charge in [-0.25, -0.2) is 9.97 Å². The predicted molar refractivity (Wildman–Crippen MR) is 120 cm³/mol. The van der Waals surface area contributed by atoms with E-state index < -0.39 is 0 Å². The van der Waals surface area contributed by atoms with E-state index in [-0.39, 0.29) is 6.10 Å². The molecule has 7 heteroatoms. The van der Waals surface area contributed by atoms with Crippen molar-refractivity contribution >= 4 is 10.9 Å². The van der Waals surface area contributed by atoms with Crippen LogP contribution in [0.4, 0.5) is 0 Å². The number of methoxy groups -OCH3 is 1. The zero-order chi connectivity index (χ0) is 21.4. The van der Waals surface area contributed by atoms with E-state index >= 15 is 0 Å². The Balaban J connectivity index is 1.70. The minimum Gasteiger partial charge on any atom is -0.496 e. The molecule has 0 radical (unpaired) electrons. The smallest absolute Gasteiger partial charge is 0.126 e. The summed E-state index contributed by atoms with van der Waals surface area (Å²) < 4.78 is 13.6. The topological polar surface area (TPSA) is 65.3 Å². The first kappa shape index (κ1) is 19.7. The van der Waals surface area contributed by atoms with Gasteiger partial charge in [0.15, 0.2) is 0 Å². The SMILES string of the molecule is COc1cc2ncnc(-c3cn(C)nc3-c3ccccc3)c2cc1[C@H]1CN(C)CCO1. The van der Waals surface area contributed by atoms with Crippen LogP contribution in [0.15, 0.2) is 55.0 Å². The number of benzene rings is 2. The number of nitrogens with zero attached hydrogens (tertiary/aromatic N) is 5. The molecule has 31 heavy (non-hydrogen) atoms. The van der Waals surface area contributed by atoms with Gasteiger partial charge in [0.1, 0.15) is 17.8 Å². The summed E-state index contributed by atoms with van der Waals surface area (Å²) in [6, 6.07) is 14.3. The molecular formula is C24H25N5O2. The predicted octanol–water partition coefficient (Wildman–Crippen LogP) is 3.71. The maximum atomic E-state index is 6.09. The summed E-state index contributed by atoms with van der Waals surface area (Å²) in [6.45, 7) is 2.44. The van der Waals surface area contributed by atoms with Crippen molar-refractivity contribution in [2.75, 3.05) is 33.9 Å². The fraction of sp³-hybridized carbons (Fsp3) is 0.292. The summed E-state index contributed by atoms with van der Waals surface area (Å²) >= 11 is 0. The summed E-state index contributed by atoms with van der Waals surface area (Å²) in [5, 5.41) is 5.68. The van der Waals surface area contributed by atoms with E-state index in [0.717, 1.165) is 57.8 Å². The second kappa shape index (κ2) is 8.09. The van der Waals surface area contributed by atoms with Crippen molar-refractivity contribution < 1.29 is 9.47 Å². The molecular weight excluding hydrogens is 390 g/mol. The van der Waals surface area contributed by atoms with Crippen molar-refractivity contribution in [1.82, 2.24) is 24.6 Å². The number of fused-ring (bicyclic) bond motifs is 1. The van der Waals surface area contributed by atoms with E-state index in [1.54, 1.807) is 13.4 Å². The highest BCUT2D eigenvalue weighted by Crippen LogP contribution is 2.38. The molecule has 7 nitrogen and oxygen atoms in total. The Labute approximate surface area is 181 Å². The molecule has 4 aromatic rings. The summed E-state index contributed by atoms with van der Waals surface area (Å²) in [4.78, 5) is 11.5. The third-order valence-corrected chi connectivity index (χ3v) is 5.73. The maximum absolute atomic E-state index is 6.09. The van der Waals surface area contributed by atoms with Gasteiger partial charge in [-0.15, -0.1) is 0 Å². The molecule has 0 bridgehead atoms. The van der Waals surface area contributed by atoms with E-state index in [2.05, 4.69) is 40.1 Å². The number of likely N-dealkylation sites (N-methyl/N-ethyl adjacent to an activating group) is 1. The van der Waals surface area contributed by atoms with Crippen molar-refractivity contribution in [3.63, 3.8) is 0 Å². The Morgan fingerprint density at radius 1 is 1.06 bits per heavy atom. The minimum absolute atomic E-state index is 0.0614. The van der Waals surface area contributed by atoms with Gasteiger partial charge in [0.25, 0.3) is 0 Å². The highest BCUT2D eigenvalue weighted by Gasteiger charge is 2.25. The maximum Gasteiger partial charge on any atom is 0.126 e. The van der Waals surface area contributed by atoms with Crippen LogP contribution in [0.5, 0.6) is 5.75 Å². The van der Waals surface area contributed by atoms with Crippen molar-refractivity contribution in [3.8, 4) is 28.3 Å². The molecule has 5 rings (SSSR count). The minimum atomic E-state index is -0.0614. The summed E-state index contributed by atoms with van der Waals surface area (Å²) in [6.07, 6.45) is 3.55. The molecule has 0 spiro atoms. The number of hydrogen-bond donors (Lipinski definition) is 0. The highest BCUT2D eigenvalue weighted by atomic mass is 16.5. The summed E-state index contributed by atoms with van der Waals surface area (Å²) in [5.41, 5.74) is 5.62. The van der Waals surface area contributed by atoms with Gasteiger partial charge in [0.05, 0.1) is 31.0 Å². The van der Waals surface area contributed by atoms with Gasteiger partial charge in [0, 0.05) is 54.5 Å². The van der Waals surface area contributed by atoms with E-state index in [1.807, 2.05) is 42.2 Å². The number of morpholine rings is 1. The van der Waals surface area contributed by atoms with Crippen LogP contribution in [0.2, 0.25) is 0 Å². The summed E-state index contributed by atoms with van der Waals surface area (Å²) in [7, 11) is 5.73. The van der Waals surface area contributed by atoms with E-state index in [9.17, 15) is 0 Å². The van der Waals surface area contributed by atoms with Crippen molar-refractivity contribution in [2.45, 2.75) is 6.10 Å². The zero-order valence-electron chi connectivity index (χ0n) is 17.9. The molecule has 2 aromatic carbocycles. The molecule has 0 amide bonds. The Morgan fingerprint density at radius 2 is 1.90 bits per heavy atom. The quantitative estimate of drug-likeness (QED) is 0.506. The lowest BCUT2D eigenvalue weighted by atomic mass is 9.99. The molecule has 0 unspecified atom stereocenters. The molecule has 2 aromatic heterocycles. The first-order valence-electron chi connectivity index (χ1n) is 10.4. The molecule has 0 N–H and O–H groups in total. The molecule has 0 saturated carbocycles. The average Bonchev–Trinajstić information content (AvgIpc) is 3.19. The van der Waals surface area contributed by atoms with Crippen LogP contribution < -0.4 is 4.74 Å². The number of rotatable bonds is 4. The standard InChI is InChI=1S/C24H25N5O2/c1-28-9-10-31-22(14-28)18-11-17-20(12-21(18)30-3)25-15-26-24(17)19-13-29(2)27-23(19)16-7-5-4-6-8-16/h4-8,11-13,15,22H,9-10,14H2,1-3H3/t22-/m1/s1. The van der Waals surface area contributed by atoms with Gasteiger partial charge in [0.2, 0.25) is 0 Å². The number of ether oxygens (including phenoxy) is 2. The van der Waals surface area contributed by atoms with Crippen molar-refractivity contribution in [3.05, 3.63) is 60.6 Å². The Bertz CT molecular complexity index is 1220.